The summed E-state index contributed by atoms with van der Waals surface area (Å²) in [5, 5.41) is 21.8. The molecule has 1 unspecified atom stereocenters. The van der Waals surface area contributed by atoms with Gasteiger partial charge in [0, 0.05) is 23.6 Å². The summed E-state index contributed by atoms with van der Waals surface area (Å²) in [5.41, 5.74) is 7.32. The average Bonchev–Trinajstić information content (AvgIpc) is 2.80. The molecular weight excluding hydrogens is 246 g/mol. The zero-order valence-corrected chi connectivity index (χ0v) is 10.4. The summed E-state index contributed by atoms with van der Waals surface area (Å²) in [4.78, 5) is 14.5. The maximum absolute atomic E-state index is 11.4. The van der Waals surface area contributed by atoms with Gasteiger partial charge in [-0.1, -0.05) is 0 Å². The number of nitrogens with one attached hydrogen (secondary N) is 2. The number of hydrogen-bond donors (Lipinski definition) is 5. The lowest BCUT2D eigenvalue weighted by Crippen LogP contribution is -2.43. The minimum atomic E-state index is -0.882. The van der Waals surface area contributed by atoms with Gasteiger partial charge in [-0.3, -0.25) is 4.79 Å². The molecule has 1 heterocycles. The first kappa shape index (κ1) is 13.4. The van der Waals surface area contributed by atoms with Crippen molar-refractivity contribution in [1.29, 1.82) is 0 Å². The minimum absolute atomic E-state index is 0.208. The van der Waals surface area contributed by atoms with Gasteiger partial charge in [-0.2, -0.15) is 0 Å². The van der Waals surface area contributed by atoms with Crippen LogP contribution >= 0.6 is 0 Å². The second kappa shape index (κ2) is 5.73. The molecule has 0 aliphatic rings. The van der Waals surface area contributed by atoms with Crippen LogP contribution in [0.1, 0.15) is 5.56 Å². The molecule has 0 aliphatic heterocycles. The number of rotatable bonds is 5. The van der Waals surface area contributed by atoms with E-state index in [4.69, 9.17) is 10.8 Å². The number of aromatic amines is 1. The van der Waals surface area contributed by atoms with E-state index in [1.807, 2.05) is 6.20 Å². The molecule has 6 nitrogen and oxygen atoms in total. The van der Waals surface area contributed by atoms with Gasteiger partial charge < -0.3 is 26.2 Å². The standard InChI is InChI=1S/C13H17N3O3/c14-11(7-17)13(19)15-4-3-8-6-16-12-2-1-9(18)5-10(8)12/h1-2,5-6,11,16-18H,3-4,7,14H2,(H,15,19). The highest BCUT2D eigenvalue weighted by molar-refractivity contribution is 5.85. The van der Waals surface area contributed by atoms with Crippen LogP contribution in [0.15, 0.2) is 24.4 Å². The number of carbonyl (C=O) groups is 1. The molecule has 0 spiro atoms. The molecule has 2 aromatic rings. The lowest BCUT2D eigenvalue weighted by atomic mass is 10.1. The van der Waals surface area contributed by atoms with Gasteiger partial charge in [-0.05, 0) is 30.2 Å². The third kappa shape index (κ3) is 3.04. The van der Waals surface area contributed by atoms with Crippen molar-refractivity contribution in [2.24, 2.45) is 5.73 Å². The summed E-state index contributed by atoms with van der Waals surface area (Å²) in [6.07, 6.45) is 2.47. The predicted molar refractivity (Wildman–Crippen MR) is 71.7 cm³/mol. The topological polar surface area (TPSA) is 111 Å². The second-order valence-corrected chi connectivity index (χ2v) is 4.37. The van der Waals surface area contributed by atoms with E-state index in [1.165, 1.54) is 0 Å². The number of H-pyrrole nitrogens is 1. The lowest BCUT2D eigenvalue weighted by Gasteiger charge is -2.09. The molecule has 1 amide bonds. The van der Waals surface area contributed by atoms with Crippen LogP contribution < -0.4 is 11.1 Å². The van der Waals surface area contributed by atoms with Crippen molar-refractivity contribution >= 4 is 16.8 Å². The van der Waals surface area contributed by atoms with Crippen LogP contribution in [0.3, 0.4) is 0 Å². The highest BCUT2D eigenvalue weighted by atomic mass is 16.3. The average molecular weight is 263 g/mol. The largest absolute Gasteiger partial charge is 0.508 e. The fourth-order valence-electron chi connectivity index (χ4n) is 1.91. The normalized spacial score (nSPS) is 12.5. The van der Waals surface area contributed by atoms with Crippen LogP contribution in [0, 0.1) is 0 Å². The number of nitrogens with two attached hydrogens (primary N) is 1. The van der Waals surface area contributed by atoms with Gasteiger partial charge >= 0.3 is 0 Å². The fraction of sp³-hybridized carbons (Fsp3) is 0.308. The van der Waals surface area contributed by atoms with Crippen molar-refractivity contribution < 1.29 is 15.0 Å². The smallest absolute Gasteiger partial charge is 0.239 e. The molecule has 0 saturated carbocycles. The van der Waals surface area contributed by atoms with Crippen LogP contribution in [-0.2, 0) is 11.2 Å². The van der Waals surface area contributed by atoms with Gasteiger partial charge in [0.2, 0.25) is 5.91 Å². The van der Waals surface area contributed by atoms with Crippen molar-refractivity contribution in [3.8, 4) is 5.75 Å². The first-order valence-electron chi connectivity index (χ1n) is 6.05. The summed E-state index contributed by atoms with van der Waals surface area (Å²) < 4.78 is 0. The second-order valence-electron chi connectivity index (χ2n) is 4.37. The van der Waals surface area contributed by atoms with Crippen molar-refractivity contribution in [3.63, 3.8) is 0 Å². The Bertz CT molecular complexity index is 580. The number of aromatic hydroxyl groups is 1. The van der Waals surface area contributed by atoms with Gasteiger partial charge in [0.15, 0.2) is 0 Å². The molecule has 0 fully saturated rings. The molecule has 1 aromatic carbocycles. The third-order valence-corrected chi connectivity index (χ3v) is 2.98. The maximum atomic E-state index is 11.4. The number of aliphatic hydroxyl groups excluding tert-OH is 1. The predicted octanol–water partition coefficient (Wildman–Crippen LogP) is -0.148. The number of phenolic OH excluding ortho intramolecular Hbond substituents is 1. The number of phenols is 1. The van der Waals surface area contributed by atoms with E-state index in [2.05, 4.69) is 10.3 Å². The van der Waals surface area contributed by atoms with Gasteiger partial charge in [0.1, 0.15) is 11.8 Å². The van der Waals surface area contributed by atoms with Gasteiger partial charge in [0.05, 0.1) is 6.61 Å². The number of aromatic nitrogens is 1. The number of carbonyl (C=O) groups excluding carboxylic acids is 1. The molecule has 0 radical (unpaired) electrons. The van der Waals surface area contributed by atoms with Crippen LogP contribution in [0.25, 0.3) is 10.9 Å². The van der Waals surface area contributed by atoms with E-state index in [0.29, 0.717) is 13.0 Å². The van der Waals surface area contributed by atoms with Crippen LogP contribution in [0.2, 0.25) is 0 Å². The van der Waals surface area contributed by atoms with E-state index in [9.17, 15) is 9.90 Å². The van der Waals surface area contributed by atoms with Crippen LogP contribution in [0.4, 0.5) is 0 Å². The highest BCUT2D eigenvalue weighted by Crippen LogP contribution is 2.22. The molecule has 2 rings (SSSR count). The number of hydrogen-bond acceptors (Lipinski definition) is 4. The Hall–Kier alpha value is -2.05. The van der Waals surface area contributed by atoms with Gasteiger partial charge in [0.25, 0.3) is 0 Å². The Morgan fingerprint density at radius 3 is 3.00 bits per heavy atom. The van der Waals surface area contributed by atoms with Crippen LogP contribution in [0.5, 0.6) is 5.75 Å². The number of amides is 1. The Morgan fingerprint density at radius 1 is 1.47 bits per heavy atom. The van der Waals surface area contributed by atoms with E-state index < -0.39 is 6.04 Å². The summed E-state index contributed by atoms with van der Waals surface area (Å²) in [6, 6.07) is 4.22. The Morgan fingerprint density at radius 2 is 2.26 bits per heavy atom. The van der Waals surface area contributed by atoms with E-state index in [0.717, 1.165) is 16.5 Å². The molecular formula is C13H17N3O3. The zero-order valence-electron chi connectivity index (χ0n) is 10.4. The molecule has 1 aromatic heterocycles. The van der Waals surface area contributed by atoms with Crippen molar-refractivity contribution in [2.45, 2.75) is 12.5 Å². The molecule has 0 bridgehead atoms. The van der Waals surface area contributed by atoms with Crippen LogP contribution in [-0.4, -0.2) is 40.3 Å². The Labute approximate surface area is 110 Å². The van der Waals surface area contributed by atoms with E-state index in [1.54, 1.807) is 18.2 Å². The molecule has 6 heteroatoms. The summed E-state index contributed by atoms with van der Waals surface area (Å²) in [7, 11) is 0. The molecule has 0 saturated heterocycles. The monoisotopic (exact) mass is 263 g/mol. The molecule has 6 N–H and O–H groups in total. The Kier molecular flexibility index (Phi) is 4.03. The molecule has 19 heavy (non-hydrogen) atoms. The first-order valence-corrected chi connectivity index (χ1v) is 6.05. The van der Waals surface area contributed by atoms with Crippen molar-refractivity contribution in [3.05, 3.63) is 30.0 Å². The SMILES string of the molecule is NC(CO)C(=O)NCCc1c[nH]c2ccc(O)cc12. The van der Waals surface area contributed by atoms with Crippen molar-refractivity contribution in [1.82, 2.24) is 10.3 Å². The Balaban J connectivity index is 1.98. The first-order chi connectivity index (χ1) is 9.11. The number of aliphatic hydroxyl groups is 1. The summed E-state index contributed by atoms with van der Waals surface area (Å²) >= 11 is 0. The lowest BCUT2D eigenvalue weighted by molar-refractivity contribution is -0.123. The van der Waals surface area contributed by atoms with Gasteiger partial charge in [-0.25, -0.2) is 0 Å². The molecule has 102 valence electrons. The zero-order chi connectivity index (χ0) is 13.8. The highest BCUT2D eigenvalue weighted by Gasteiger charge is 2.11. The maximum Gasteiger partial charge on any atom is 0.239 e. The number of benzene rings is 1. The third-order valence-electron chi connectivity index (χ3n) is 2.98. The fourth-order valence-corrected chi connectivity index (χ4v) is 1.91. The van der Waals surface area contributed by atoms with Crippen molar-refractivity contribution in [2.75, 3.05) is 13.2 Å². The van der Waals surface area contributed by atoms with E-state index >= 15 is 0 Å². The summed E-state index contributed by atoms with van der Waals surface area (Å²) in [6.45, 7) is 0.0575. The molecule has 0 aliphatic carbocycles. The molecule has 1 atom stereocenters. The number of fused-ring (bicyclic) bond motifs is 1. The van der Waals surface area contributed by atoms with Gasteiger partial charge in [-0.15, -0.1) is 0 Å². The van der Waals surface area contributed by atoms with E-state index in [-0.39, 0.29) is 18.3 Å². The minimum Gasteiger partial charge on any atom is -0.508 e. The summed E-state index contributed by atoms with van der Waals surface area (Å²) in [5.74, 6) is -0.162. The quantitative estimate of drug-likeness (QED) is 0.516.